The predicted octanol–water partition coefficient (Wildman–Crippen LogP) is 5.51. The molecular weight excluding hydrogens is 340 g/mol. The van der Waals surface area contributed by atoms with Crippen molar-refractivity contribution in [3.05, 3.63) is 62.3 Å². The lowest BCUT2D eigenvalue weighted by Gasteiger charge is -2.10. The smallest absolute Gasteiger partial charge is 0.164 e. The lowest BCUT2D eigenvalue weighted by molar-refractivity contribution is 0.630. The maximum atomic E-state index is 13.7. The highest BCUT2D eigenvalue weighted by atomic mass is 79.9. The average Bonchev–Trinajstić information content (AvgIpc) is 2.35. The van der Waals surface area contributed by atoms with E-state index in [2.05, 4.69) is 21.2 Å². The maximum Gasteiger partial charge on any atom is 0.164 e. The fourth-order valence-corrected chi connectivity index (χ4v) is 2.27. The molecule has 0 atom stereocenters. The molecule has 0 aliphatic heterocycles. The molecule has 1 N–H and O–H groups in total. The molecule has 0 fully saturated rings. The van der Waals surface area contributed by atoms with E-state index in [9.17, 15) is 4.39 Å². The molecule has 0 saturated carbocycles. The Bertz CT molecular complexity index is 573. The zero-order valence-electron chi connectivity index (χ0n) is 9.18. The van der Waals surface area contributed by atoms with E-state index in [1.807, 2.05) is 12.1 Å². The SMILES string of the molecule is Fc1c(Cl)cccc1NCc1cc(Cl)ccc1Br. The van der Waals surface area contributed by atoms with Crippen LogP contribution in [-0.2, 0) is 6.54 Å². The summed E-state index contributed by atoms with van der Waals surface area (Å²) >= 11 is 15.0. The quantitative estimate of drug-likeness (QED) is 0.771. The first-order chi connectivity index (χ1) is 8.58. The first-order valence-corrected chi connectivity index (χ1v) is 6.74. The van der Waals surface area contributed by atoms with E-state index in [0.29, 0.717) is 17.3 Å². The molecule has 18 heavy (non-hydrogen) atoms. The van der Waals surface area contributed by atoms with E-state index in [-0.39, 0.29) is 5.02 Å². The van der Waals surface area contributed by atoms with E-state index >= 15 is 0 Å². The van der Waals surface area contributed by atoms with Gasteiger partial charge < -0.3 is 5.32 Å². The third-order valence-electron chi connectivity index (χ3n) is 2.43. The minimum atomic E-state index is -0.447. The van der Waals surface area contributed by atoms with Crippen LogP contribution in [0.3, 0.4) is 0 Å². The Morgan fingerprint density at radius 2 is 1.94 bits per heavy atom. The van der Waals surface area contributed by atoms with Crippen LogP contribution >= 0.6 is 39.1 Å². The van der Waals surface area contributed by atoms with E-state index < -0.39 is 5.82 Å². The molecule has 0 aliphatic rings. The van der Waals surface area contributed by atoms with Gasteiger partial charge in [0.2, 0.25) is 0 Å². The number of hydrogen-bond donors (Lipinski definition) is 1. The van der Waals surface area contributed by atoms with Gasteiger partial charge in [-0.25, -0.2) is 4.39 Å². The molecule has 1 nitrogen and oxygen atoms in total. The highest BCUT2D eigenvalue weighted by Crippen LogP contribution is 2.25. The number of hydrogen-bond acceptors (Lipinski definition) is 1. The van der Waals surface area contributed by atoms with Crippen LogP contribution in [0.5, 0.6) is 0 Å². The standard InChI is InChI=1S/C13H9BrCl2FN/c14-10-5-4-9(15)6-8(10)7-18-12-3-1-2-11(16)13(12)17/h1-6,18H,7H2. The van der Waals surface area contributed by atoms with Crippen LogP contribution in [0.2, 0.25) is 10.0 Å². The highest BCUT2D eigenvalue weighted by molar-refractivity contribution is 9.10. The lowest BCUT2D eigenvalue weighted by atomic mass is 10.2. The summed E-state index contributed by atoms with van der Waals surface area (Å²) in [5, 5.41) is 3.73. The van der Waals surface area contributed by atoms with Crippen molar-refractivity contribution in [2.45, 2.75) is 6.54 Å². The zero-order chi connectivity index (χ0) is 13.1. The predicted molar refractivity (Wildman–Crippen MR) is 77.9 cm³/mol. The third kappa shape index (κ3) is 3.16. The molecule has 0 aromatic heterocycles. The largest absolute Gasteiger partial charge is 0.379 e. The summed E-state index contributed by atoms with van der Waals surface area (Å²) in [4.78, 5) is 0. The van der Waals surface area contributed by atoms with Gasteiger partial charge in [0.15, 0.2) is 5.82 Å². The minimum Gasteiger partial charge on any atom is -0.379 e. The molecule has 2 aromatic carbocycles. The van der Waals surface area contributed by atoms with Gasteiger partial charge in [0.05, 0.1) is 10.7 Å². The van der Waals surface area contributed by atoms with Gasteiger partial charge >= 0.3 is 0 Å². The highest BCUT2D eigenvalue weighted by Gasteiger charge is 2.07. The Morgan fingerprint density at radius 1 is 1.17 bits per heavy atom. The van der Waals surface area contributed by atoms with Gasteiger partial charge in [-0.15, -0.1) is 0 Å². The van der Waals surface area contributed by atoms with Crippen molar-refractivity contribution >= 4 is 44.8 Å². The van der Waals surface area contributed by atoms with Crippen molar-refractivity contribution in [3.8, 4) is 0 Å². The summed E-state index contributed by atoms with van der Waals surface area (Å²) in [7, 11) is 0. The van der Waals surface area contributed by atoms with Crippen LogP contribution in [0, 0.1) is 5.82 Å². The summed E-state index contributed by atoms with van der Waals surface area (Å²) in [6, 6.07) is 10.3. The minimum absolute atomic E-state index is 0.102. The molecule has 0 unspecified atom stereocenters. The molecule has 2 rings (SSSR count). The fraction of sp³-hybridized carbons (Fsp3) is 0.0769. The van der Waals surface area contributed by atoms with Gasteiger partial charge in [-0.1, -0.05) is 45.2 Å². The van der Waals surface area contributed by atoms with Crippen LogP contribution in [0.25, 0.3) is 0 Å². The molecule has 0 aliphatic carbocycles. The van der Waals surface area contributed by atoms with Gasteiger partial charge in [-0.05, 0) is 35.9 Å². The van der Waals surface area contributed by atoms with Crippen LogP contribution in [0.15, 0.2) is 40.9 Å². The molecular formula is C13H9BrCl2FN. The molecule has 0 heterocycles. The van der Waals surface area contributed by atoms with Gasteiger partial charge in [0.25, 0.3) is 0 Å². The van der Waals surface area contributed by atoms with Crippen molar-refractivity contribution in [1.82, 2.24) is 0 Å². The first-order valence-electron chi connectivity index (χ1n) is 5.20. The maximum absolute atomic E-state index is 13.7. The Kier molecular flexibility index (Phi) is 4.49. The van der Waals surface area contributed by atoms with Crippen molar-refractivity contribution in [2.75, 3.05) is 5.32 Å². The zero-order valence-corrected chi connectivity index (χ0v) is 12.3. The summed E-state index contributed by atoms with van der Waals surface area (Å²) in [6.07, 6.45) is 0. The van der Waals surface area contributed by atoms with Crippen molar-refractivity contribution in [2.24, 2.45) is 0 Å². The van der Waals surface area contributed by atoms with Gasteiger partial charge in [0.1, 0.15) is 0 Å². The van der Waals surface area contributed by atoms with E-state index in [4.69, 9.17) is 23.2 Å². The number of rotatable bonds is 3. The monoisotopic (exact) mass is 347 g/mol. The molecule has 2 aromatic rings. The molecule has 0 amide bonds. The Balaban J connectivity index is 2.16. The molecule has 5 heteroatoms. The number of nitrogens with one attached hydrogen (secondary N) is 1. The normalized spacial score (nSPS) is 10.4. The number of halogens is 4. The molecule has 0 spiro atoms. The summed E-state index contributed by atoms with van der Waals surface area (Å²) in [5.41, 5.74) is 1.32. The fourth-order valence-electron chi connectivity index (χ4n) is 1.51. The van der Waals surface area contributed by atoms with Gasteiger partial charge in [-0.2, -0.15) is 0 Å². The average molecular weight is 349 g/mol. The summed E-state index contributed by atoms with van der Waals surface area (Å²) in [6.45, 7) is 0.457. The summed E-state index contributed by atoms with van der Waals surface area (Å²) < 4.78 is 14.6. The van der Waals surface area contributed by atoms with Crippen LogP contribution in [0.1, 0.15) is 5.56 Å². The van der Waals surface area contributed by atoms with Crippen LogP contribution in [-0.4, -0.2) is 0 Å². The van der Waals surface area contributed by atoms with Crippen LogP contribution in [0.4, 0.5) is 10.1 Å². The third-order valence-corrected chi connectivity index (χ3v) is 3.73. The van der Waals surface area contributed by atoms with Gasteiger partial charge in [0, 0.05) is 16.0 Å². The first kappa shape index (κ1) is 13.7. The van der Waals surface area contributed by atoms with E-state index in [0.717, 1.165) is 10.0 Å². The number of benzene rings is 2. The second kappa shape index (κ2) is 5.91. The molecule has 0 saturated heterocycles. The van der Waals surface area contributed by atoms with Crippen molar-refractivity contribution in [1.29, 1.82) is 0 Å². The van der Waals surface area contributed by atoms with Crippen molar-refractivity contribution < 1.29 is 4.39 Å². The molecule has 0 bridgehead atoms. The van der Waals surface area contributed by atoms with Crippen LogP contribution < -0.4 is 5.32 Å². The Hall–Kier alpha value is -0.770. The molecule has 0 radical (unpaired) electrons. The summed E-state index contributed by atoms with van der Waals surface area (Å²) in [5.74, 6) is -0.447. The Morgan fingerprint density at radius 3 is 2.72 bits per heavy atom. The number of anilines is 1. The second-order valence-corrected chi connectivity index (χ2v) is 5.39. The Labute approximate surface area is 123 Å². The van der Waals surface area contributed by atoms with E-state index in [1.54, 1.807) is 18.2 Å². The van der Waals surface area contributed by atoms with Gasteiger partial charge in [-0.3, -0.25) is 0 Å². The topological polar surface area (TPSA) is 12.0 Å². The lowest BCUT2D eigenvalue weighted by Crippen LogP contribution is -2.02. The van der Waals surface area contributed by atoms with E-state index in [1.165, 1.54) is 6.07 Å². The van der Waals surface area contributed by atoms with Crippen molar-refractivity contribution in [3.63, 3.8) is 0 Å². The second-order valence-electron chi connectivity index (χ2n) is 3.69. The molecule has 94 valence electrons.